The van der Waals surface area contributed by atoms with Crippen LogP contribution >= 0.6 is 22.9 Å². The normalized spacial score (nSPS) is 17.3. The number of nitrogens with one attached hydrogen (secondary N) is 1. The van der Waals surface area contributed by atoms with Gasteiger partial charge in [-0.15, -0.1) is 11.3 Å². The quantitative estimate of drug-likeness (QED) is 0.724. The molecule has 20 heavy (non-hydrogen) atoms. The Hall–Kier alpha value is -0.990. The summed E-state index contributed by atoms with van der Waals surface area (Å²) in [6, 6.07) is 11.0. The summed E-state index contributed by atoms with van der Waals surface area (Å²) in [5, 5.41) is 6.68. The van der Waals surface area contributed by atoms with E-state index in [0.29, 0.717) is 6.04 Å². The Kier molecular flexibility index (Phi) is 4.32. The molecule has 1 atom stereocenters. The van der Waals surface area contributed by atoms with E-state index >= 15 is 0 Å². The largest absolute Gasteiger partial charge is 0.376 e. The molecule has 0 radical (unpaired) electrons. The second kappa shape index (κ2) is 6.19. The molecule has 0 amide bonds. The van der Waals surface area contributed by atoms with E-state index in [0.717, 1.165) is 16.6 Å². The molecule has 1 fully saturated rings. The van der Waals surface area contributed by atoms with Gasteiger partial charge in [-0.25, -0.2) is 0 Å². The van der Waals surface area contributed by atoms with Crippen molar-refractivity contribution in [3.8, 4) is 0 Å². The first-order valence-electron chi connectivity index (χ1n) is 7.30. The van der Waals surface area contributed by atoms with Crippen molar-refractivity contribution < 1.29 is 0 Å². The number of hydrogen-bond acceptors (Lipinski definition) is 2. The molecule has 1 aliphatic carbocycles. The lowest BCUT2D eigenvalue weighted by molar-refractivity contribution is 0.475. The van der Waals surface area contributed by atoms with Crippen LogP contribution in [0, 0.1) is 12.8 Å². The third-order valence-corrected chi connectivity index (χ3v) is 5.42. The molecular weight excluding hydrogens is 286 g/mol. The van der Waals surface area contributed by atoms with E-state index in [4.69, 9.17) is 11.6 Å². The molecule has 1 heterocycles. The Bertz CT molecular complexity index is 558. The fraction of sp³-hybridized carbons (Fsp3) is 0.412. The van der Waals surface area contributed by atoms with Crippen LogP contribution in [-0.2, 0) is 0 Å². The zero-order valence-electron chi connectivity index (χ0n) is 11.7. The van der Waals surface area contributed by atoms with Gasteiger partial charge >= 0.3 is 0 Å². The number of anilines is 1. The van der Waals surface area contributed by atoms with E-state index in [1.54, 1.807) is 0 Å². The van der Waals surface area contributed by atoms with Crippen molar-refractivity contribution in [1.82, 2.24) is 0 Å². The first-order chi connectivity index (χ1) is 9.74. The number of rotatable bonds is 4. The number of halogens is 1. The predicted octanol–water partition coefficient (Wildman–Crippen LogP) is 6.05. The predicted molar refractivity (Wildman–Crippen MR) is 88.8 cm³/mol. The summed E-state index contributed by atoms with van der Waals surface area (Å²) in [6.07, 6.45) is 5.35. The van der Waals surface area contributed by atoms with Crippen molar-refractivity contribution in [2.24, 2.45) is 5.92 Å². The van der Waals surface area contributed by atoms with Gasteiger partial charge in [0.25, 0.3) is 0 Å². The molecular formula is C17H20ClNS. The lowest BCUT2D eigenvalue weighted by Gasteiger charge is -2.25. The molecule has 0 bridgehead atoms. The van der Waals surface area contributed by atoms with Gasteiger partial charge < -0.3 is 5.32 Å². The summed E-state index contributed by atoms with van der Waals surface area (Å²) in [4.78, 5) is 1.42. The van der Waals surface area contributed by atoms with Crippen LogP contribution < -0.4 is 5.32 Å². The number of aryl methyl sites for hydroxylation is 1. The molecule has 1 aliphatic rings. The number of hydrogen-bond donors (Lipinski definition) is 1. The number of benzene rings is 1. The van der Waals surface area contributed by atoms with Crippen LogP contribution in [0.5, 0.6) is 0 Å². The second-order valence-corrected chi connectivity index (χ2v) is 7.05. The van der Waals surface area contributed by atoms with Gasteiger partial charge in [-0.1, -0.05) is 36.6 Å². The summed E-state index contributed by atoms with van der Waals surface area (Å²) in [6.45, 7) is 2.07. The molecule has 0 saturated heterocycles. The van der Waals surface area contributed by atoms with Gasteiger partial charge in [0.1, 0.15) is 0 Å². The molecule has 0 spiro atoms. The Morgan fingerprint density at radius 2 is 2.05 bits per heavy atom. The molecule has 3 rings (SSSR count). The molecule has 1 nitrogen and oxygen atoms in total. The Morgan fingerprint density at radius 3 is 2.70 bits per heavy atom. The zero-order valence-corrected chi connectivity index (χ0v) is 13.3. The molecule has 0 aliphatic heterocycles. The van der Waals surface area contributed by atoms with E-state index in [2.05, 4.69) is 41.9 Å². The molecule has 1 unspecified atom stereocenters. The van der Waals surface area contributed by atoms with Crippen molar-refractivity contribution in [2.45, 2.75) is 38.6 Å². The summed E-state index contributed by atoms with van der Waals surface area (Å²) < 4.78 is 0. The lowest BCUT2D eigenvalue weighted by Crippen LogP contribution is -2.18. The minimum absolute atomic E-state index is 0.401. The number of thiophene rings is 1. The molecule has 3 heteroatoms. The lowest BCUT2D eigenvalue weighted by atomic mass is 9.96. The van der Waals surface area contributed by atoms with Crippen LogP contribution in [0.25, 0.3) is 0 Å². The van der Waals surface area contributed by atoms with Gasteiger partial charge in [-0.3, -0.25) is 0 Å². The highest BCUT2D eigenvalue weighted by atomic mass is 35.5. The van der Waals surface area contributed by atoms with E-state index in [-0.39, 0.29) is 0 Å². The highest BCUT2D eigenvalue weighted by Gasteiger charge is 2.27. The Balaban J connectivity index is 1.86. The van der Waals surface area contributed by atoms with E-state index in [1.807, 2.05) is 17.4 Å². The van der Waals surface area contributed by atoms with Gasteiger partial charge in [0.05, 0.1) is 16.8 Å². The average molecular weight is 306 g/mol. The molecule has 1 aromatic heterocycles. The molecule has 106 valence electrons. The van der Waals surface area contributed by atoms with Crippen LogP contribution in [0.1, 0.15) is 42.2 Å². The Morgan fingerprint density at radius 1 is 1.25 bits per heavy atom. The highest BCUT2D eigenvalue weighted by Crippen LogP contribution is 2.40. The van der Waals surface area contributed by atoms with E-state index in [1.165, 1.54) is 36.1 Å². The zero-order chi connectivity index (χ0) is 13.9. The SMILES string of the molecule is Cc1ccc(NC(c2cccs2)C2CCCC2)c(Cl)c1. The van der Waals surface area contributed by atoms with E-state index in [9.17, 15) is 0 Å². The van der Waals surface area contributed by atoms with Crippen molar-refractivity contribution in [3.05, 3.63) is 51.2 Å². The summed E-state index contributed by atoms with van der Waals surface area (Å²) in [5.74, 6) is 0.728. The van der Waals surface area contributed by atoms with Crippen LogP contribution in [0.3, 0.4) is 0 Å². The minimum atomic E-state index is 0.401. The van der Waals surface area contributed by atoms with Crippen molar-refractivity contribution >= 4 is 28.6 Å². The maximum Gasteiger partial charge on any atom is 0.0640 e. The average Bonchev–Trinajstić information content (AvgIpc) is 3.11. The van der Waals surface area contributed by atoms with Gasteiger partial charge in [0.15, 0.2) is 0 Å². The van der Waals surface area contributed by atoms with Crippen molar-refractivity contribution in [3.63, 3.8) is 0 Å². The fourth-order valence-corrected chi connectivity index (χ4v) is 4.24. The third kappa shape index (κ3) is 3.02. The minimum Gasteiger partial charge on any atom is -0.376 e. The summed E-state index contributed by atoms with van der Waals surface area (Å²) in [5.41, 5.74) is 2.26. The van der Waals surface area contributed by atoms with Crippen molar-refractivity contribution in [2.75, 3.05) is 5.32 Å². The topological polar surface area (TPSA) is 12.0 Å². The van der Waals surface area contributed by atoms with Crippen LogP contribution in [0.2, 0.25) is 5.02 Å². The van der Waals surface area contributed by atoms with Gasteiger partial charge in [0.2, 0.25) is 0 Å². The van der Waals surface area contributed by atoms with Gasteiger partial charge in [-0.2, -0.15) is 0 Å². The maximum absolute atomic E-state index is 6.38. The smallest absolute Gasteiger partial charge is 0.0640 e. The second-order valence-electron chi connectivity index (χ2n) is 5.67. The first kappa shape index (κ1) is 14.0. The summed E-state index contributed by atoms with van der Waals surface area (Å²) in [7, 11) is 0. The molecule has 1 N–H and O–H groups in total. The Labute approximate surface area is 130 Å². The van der Waals surface area contributed by atoms with Crippen LogP contribution in [0.4, 0.5) is 5.69 Å². The van der Waals surface area contributed by atoms with Gasteiger partial charge in [-0.05, 0) is 54.8 Å². The maximum atomic E-state index is 6.38. The third-order valence-electron chi connectivity index (χ3n) is 4.16. The van der Waals surface area contributed by atoms with E-state index < -0.39 is 0 Å². The van der Waals surface area contributed by atoms with Crippen LogP contribution in [-0.4, -0.2) is 0 Å². The molecule has 2 aromatic rings. The fourth-order valence-electron chi connectivity index (χ4n) is 3.08. The summed E-state index contributed by atoms with van der Waals surface area (Å²) >= 11 is 8.22. The van der Waals surface area contributed by atoms with Crippen LogP contribution in [0.15, 0.2) is 35.7 Å². The molecule has 1 saturated carbocycles. The standard InChI is InChI=1S/C17H20ClNS/c1-12-8-9-15(14(18)11-12)19-17(13-5-2-3-6-13)16-7-4-10-20-16/h4,7-11,13,17,19H,2-3,5-6H2,1H3. The monoisotopic (exact) mass is 305 g/mol. The van der Waals surface area contributed by atoms with Gasteiger partial charge in [0, 0.05) is 4.88 Å². The van der Waals surface area contributed by atoms with Crippen molar-refractivity contribution in [1.29, 1.82) is 0 Å². The first-order valence-corrected chi connectivity index (χ1v) is 8.56. The molecule has 1 aromatic carbocycles. The highest BCUT2D eigenvalue weighted by molar-refractivity contribution is 7.10.